The first-order valence-electron chi connectivity index (χ1n) is 4.68. The van der Waals surface area contributed by atoms with Gasteiger partial charge < -0.3 is 14.8 Å². The largest absolute Gasteiger partial charge is 0.355 e. The maximum absolute atomic E-state index is 5.10. The summed E-state index contributed by atoms with van der Waals surface area (Å²) in [5, 5.41) is 4.18. The summed E-state index contributed by atoms with van der Waals surface area (Å²) in [6.07, 6.45) is 1.14. The summed E-state index contributed by atoms with van der Waals surface area (Å²) in [5.41, 5.74) is 0. The Bertz CT molecular complexity index is 142. The van der Waals surface area contributed by atoms with E-state index in [0.29, 0.717) is 6.04 Å². The van der Waals surface area contributed by atoms with Crippen LogP contribution in [0.15, 0.2) is 0 Å². The zero-order chi connectivity index (χ0) is 9.68. The molecule has 4 heteroatoms. The van der Waals surface area contributed by atoms with Crippen molar-refractivity contribution >= 4 is 11.8 Å². The molecule has 1 aliphatic rings. The molecule has 0 aromatic carbocycles. The number of hydrogen-bond acceptors (Lipinski definition) is 4. The van der Waals surface area contributed by atoms with Gasteiger partial charge in [0.2, 0.25) is 0 Å². The third kappa shape index (κ3) is 3.46. The average molecular weight is 205 g/mol. The van der Waals surface area contributed by atoms with E-state index in [4.69, 9.17) is 9.47 Å². The van der Waals surface area contributed by atoms with Gasteiger partial charge in [0.05, 0.1) is 0 Å². The van der Waals surface area contributed by atoms with E-state index in [9.17, 15) is 0 Å². The third-order valence-corrected chi connectivity index (χ3v) is 3.77. The van der Waals surface area contributed by atoms with Crippen molar-refractivity contribution in [2.24, 2.45) is 0 Å². The van der Waals surface area contributed by atoms with Gasteiger partial charge in [-0.1, -0.05) is 6.92 Å². The van der Waals surface area contributed by atoms with Gasteiger partial charge in [-0.25, -0.2) is 0 Å². The molecule has 0 bridgehead atoms. The molecule has 0 radical (unpaired) electrons. The molecular weight excluding hydrogens is 186 g/mol. The second kappa shape index (κ2) is 5.86. The number of thioether (sulfide) groups is 1. The Hall–Kier alpha value is 0.230. The fourth-order valence-electron chi connectivity index (χ4n) is 1.51. The van der Waals surface area contributed by atoms with Crippen molar-refractivity contribution in [1.82, 2.24) is 5.32 Å². The van der Waals surface area contributed by atoms with E-state index < -0.39 is 0 Å². The Balaban J connectivity index is 2.17. The lowest BCUT2D eigenvalue weighted by Crippen LogP contribution is -2.39. The third-order valence-electron chi connectivity index (χ3n) is 2.45. The first-order valence-corrected chi connectivity index (χ1v) is 5.73. The molecular formula is C9H19NO2S. The van der Waals surface area contributed by atoms with Crippen molar-refractivity contribution in [1.29, 1.82) is 0 Å². The molecule has 13 heavy (non-hydrogen) atoms. The number of hydrogen-bond donors (Lipinski definition) is 1. The van der Waals surface area contributed by atoms with Crippen molar-refractivity contribution in [3.05, 3.63) is 0 Å². The predicted molar refractivity (Wildman–Crippen MR) is 56.1 cm³/mol. The Morgan fingerprint density at radius 1 is 1.46 bits per heavy atom. The highest BCUT2D eigenvalue weighted by molar-refractivity contribution is 8.00. The maximum atomic E-state index is 5.10. The normalized spacial score (nSPS) is 28.6. The fourth-order valence-corrected chi connectivity index (χ4v) is 2.74. The molecule has 1 heterocycles. The molecule has 2 unspecified atom stereocenters. The van der Waals surface area contributed by atoms with Gasteiger partial charge in [-0.2, -0.15) is 11.8 Å². The maximum Gasteiger partial charge on any atom is 0.169 e. The Labute approximate surface area is 84.6 Å². The van der Waals surface area contributed by atoms with Crippen LogP contribution in [0.4, 0.5) is 0 Å². The summed E-state index contributed by atoms with van der Waals surface area (Å²) in [6.45, 7) is 3.05. The van der Waals surface area contributed by atoms with Crippen molar-refractivity contribution < 1.29 is 9.47 Å². The van der Waals surface area contributed by atoms with Crippen molar-refractivity contribution in [2.45, 2.75) is 30.9 Å². The summed E-state index contributed by atoms with van der Waals surface area (Å²) < 4.78 is 10.2. The molecule has 0 aromatic rings. The van der Waals surface area contributed by atoms with Crippen LogP contribution in [-0.2, 0) is 9.47 Å². The van der Waals surface area contributed by atoms with Gasteiger partial charge in [0.1, 0.15) is 0 Å². The Morgan fingerprint density at radius 2 is 2.15 bits per heavy atom. The van der Waals surface area contributed by atoms with Crippen LogP contribution in [0.25, 0.3) is 0 Å². The molecule has 1 fully saturated rings. The Kier molecular flexibility index (Phi) is 5.09. The molecule has 1 N–H and O–H groups in total. The molecule has 1 saturated heterocycles. The zero-order valence-corrected chi connectivity index (χ0v) is 9.39. The molecule has 0 aromatic heterocycles. The molecule has 1 aliphatic heterocycles. The minimum atomic E-state index is -0.113. The standard InChI is InChI=1S/C9H19NO2S/c1-7-8(4-5-13-7)10-6-9(11-2)12-3/h7-10H,4-6H2,1-3H3. The smallest absolute Gasteiger partial charge is 0.169 e. The van der Waals surface area contributed by atoms with Crippen LogP contribution in [0, 0.1) is 0 Å². The summed E-state index contributed by atoms with van der Waals surface area (Å²) in [5.74, 6) is 1.27. The predicted octanol–water partition coefficient (Wildman–Crippen LogP) is 1.09. The number of ether oxygens (including phenoxy) is 2. The van der Waals surface area contributed by atoms with E-state index in [-0.39, 0.29) is 6.29 Å². The van der Waals surface area contributed by atoms with Crippen LogP contribution in [0.2, 0.25) is 0 Å². The average Bonchev–Trinajstić information content (AvgIpc) is 2.54. The summed E-state index contributed by atoms with van der Waals surface area (Å²) >= 11 is 2.03. The number of rotatable bonds is 5. The highest BCUT2D eigenvalue weighted by atomic mass is 32.2. The quantitative estimate of drug-likeness (QED) is 0.681. The summed E-state index contributed by atoms with van der Waals surface area (Å²) in [7, 11) is 3.34. The second-order valence-corrected chi connectivity index (χ2v) is 4.77. The first kappa shape index (κ1) is 11.3. The molecule has 2 atom stereocenters. The van der Waals surface area contributed by atoms with Gasteiger partial charge in [0, 0.05) is 32.1 Å². The molecule has 1 rings (SSSR count). The molecule has 3 nitrogen and oxygen atoms in total. The van der Waals surface area contributed by atoms with Crippen LogP contribution in [0.1, 0.15) is 13.3 Å². The van der Waals surface area contributed by atoms with Crippen molar-refractivity contribution in [3.8, 4) is 0 Å². The molecule has 0 spiro atoms. The van der Waals surface area contributed by atoms with Gasteiger partial charge in [0.25, 0.3) is 0 Å². The van der Waals surface area contributed by atoms with Gasteiger partial charge in [0.15, 0.2) is 6.29 Å². The van der Waals surface area contributed by atoms with Crippen LogP contribution in [0.3, 0.4) is 0 Å². The van der Waals surface area contributed by atoms with E-state index in [1.54, 1.807) is 14.2 Å². The lowest BCUT2D eigenvalue weighted by molar-refractivity contribution is -0.0998. The topological polar surface area (TPSA) is 30.5 Å². The highest BCUT2D eigenvalue weighted by Crippen LogP contribution is 2.25. The lowest BCUT2D eigenvalue weighted by Gasteiger charge is -2.20. The van der Waals surface area contributed by atoms with Gasteiger partial charge in [-0.3, -0.25) is 0 Å². The second-order valence-electron chi connectivity index (χ2n) is 3.28. The van der Waals surface area contributed by atoms with Crippen LogP contribution >= 0.6 is 11.8 Å². The minimum absolute atomic E-state index is 0.113. The zero-order valence-electron chi connectivity index (χ0n) is 8.58. The van der Waals surface area contributed by atoms with E-state index in [0.717, 1.165) is 11.8 Å². The van der Waals surface area contributed by atoms with Gasteiger partial charge in [-0.05, 0) is 12.2 Å². The van der Waals surface area contributed by atoms with E-state index >= 15 is 0 Å². The van der Waals surface area contributed by atoms with Crippen molar-refractivity contribution in [2.75, 3.05) is 26.5 Å². The highest BCUT2D eigenvalue weighted by Gasteiger charge is 2.23. The van der Waals surface area contributed by atoms with Gasteiger partial charge in [-0.15, -0.1) is 0 Å². The van der Waals surface area contributed by atoms with E-state index in [1.165, 1.54) is 12.2 Å². The molecule has 0 aliphatic carbocycles. The first-order chi connectivity index (χ1) is 6.27. The molecule has 0 amide bonds. The molecule has 78 valence electrons. The molecule has 0 saturated carbocycles. The SMILES string of the molecule is COC(CNC1CCSC1C)OC. The van der Waals surface area contributed by atoms with Gasteiger partial charge >= 0.3 is 0 Å². The summed E-state index contributed by atoms with van der Waals surface area (Å²) in [4.78, 5) is 0. The number of methoxy groups -OCH3 is 2. The monoisotopic (exact) mass is 205 g/mol. The Morgan fingerprint density at radius 3 is 2.62 bits per heavy atom. The fraction of sp³-hybridized carbons (Fsp3) is 1.00. The number of nitrogens with one attached hydrogen (secondary N) is 1. The van der Waals surface area contributed by atoms with Crippen molar-refractivity contribution in [3.63, 3.8) is 0 Å². The van der Waals surface area contributed by atoms with Crippen LogP contribution < -0.4 is 5.32 Å². The van der Waals surface area contributed by atoms with E-state index in [1.807, 2.05) is 11.8 Å². The van der Waals surface area contributed by atoms with Crippen LogP contribution in [0.5, 0.6) is 0 Å². The lowest BCUT2D eigenvalue weighted by atomic mass is 10.2. The van der Waals surface area contributed by atoms with E-state index in [2.05, 4.69) is 12.2 Å². The minimum Gasteiger partial charge on any atom is -0.355 e. The van der Waals surface area contributed by atoms with Crippen LogP contribution in [-0.4, -0.2) is 44.1 Å². The summed E-state index contributed by atoms with van der Waals surface area (Å²) in [6, 6.07) is 0.623.